The monoisotopic (exact) mass is 374 g/mol. The van der Waals surface area contributed by atoms with Crippen molar-refractivity contribution in [1.29, 1.82) is 0 Å². The van der Waals surface area contributed by atoms with E-state index in [9.17, 15) is 4.79 Å². The van der Waals surface area contributed by atoms with Gasteiger partial charge in [-0.25, -0.2) is 4.98 Å². The van der Waals surface area contributed by atoms with Crippen molar-refractivity contribution in [1.82, 2.24) is 20.1 Å². The van der Waals surface area contributed by atoms with Crippen LogP contribution in [0.5, 0.6) is 0 Å². The quantitative estimate of drug-likeness (QED) is 0.541. The molecule has 1 amide bonds. The average molecular weight is 374 g/mol. The highest BCUT2D eigenvalue weighted by atomic mass is 16.4. The molecule has 1 saturated heterocycles. The Morgan fingerprint density at radius 1 is 1.00 bits per heavy atom. The van der Waals surface area contributed by atoms with Crippen molar-refractivity contribution in [2.24, 2.45) is 0 Å². The second-order valence-electron chi connectivity index (χ2n) is 6.88. The summed E-state index contributed by atoms with van der Waals surface area (Å²) in [5.74, 6) is 1.66. The van der Waals surface area contributed by atoms with E-state index in [0.717, 1.165) is 23.7 Å². The first-order valence-electron chi connectivity index (χ1n) is 9.30. The molecule has 0 unspecified atom stereocenters. The van der Waals surface area contributed by atoms with Crippen molar-refractivity contribution in [3.8, 4) is 11.7 Å². The molecule has 1 fully saturated rings. The summed E-state index contributed by atoms with van der Waals surface area (Å²) >= 11 is 0. The van der Waals surface area contributed by atoms with E-state index in [1.165, 1.54) is 0 Å². The van der Waals surface area contributed by atoms with Crippen LogP contribution in [0.2, 0.25) is 0 Å². The number of carbonyl (C=O) groups is 1. The third-order valence-electron chi connectivity index (χ3n) is 5.12. The highest BCUT2D eigenvalue weighted by Gasteiger charge is 2.28. The highest BCUT2D eigenvalue weighted by Crippen LogP contribution is 2.30. The Morgan fingerprint density at radius 2 is 1.86 bits per heavy atom. The summed E-state index contributed by atoms with van der Waals surface area (Å²) in [5.41, 5.74) is 1.31. The predicted molar refractivity (Wildman–Crippen MR) is 102 cm³/mol. The third kappa shape index (κ3) is 3.05. The molecule has 3 aromatic heterocycles. The summed E-state index contributed by atoms with van der Waals surface area (Å²) in [5, 5.41) is 9.26. The molecule has 0 saturated carbocycles. The van der Waals surface area contributed by atoms with Gasteiger partial charge in [0.15, 0.2) is 5.76 Å². The molecular weight excluding hydrogens is 356 g/mol. The normalized spacial score (nSPS) is 15.2. The summed E-state index contributed by atoms with van der Waals surface area (Å²) in [7, 11) is 0. The molecule has 1 aliphatic rings. The summed E-state index contributed by atoms with van der Waals surface area (Å²) in [6, 6.07) is 15.1. The van der Waals surface area contributed by atoms with Crippen LogP contribution in [0.25, 0.3) is 22.6 Å². The number of fused-ring (bicyclic) bond motifs is 1. The zero-order chi connectivity index (χ0) is 18.9. The minimum Gasteiger partial charge on any atom is -0.459 e. The minimum atomic E-state index is -0.0361. The van der Waals surface area contributed by atoms with Gasteiger partial charge in [-0.3, -0.25) is 4.79 Å². The van der Waals surface area contributed by atoms with Gasteiger partial charge in [-0.1, -0.05) is 24.3 Å². The largest absolute Gasteiger partial charge is 0.459 e. The van der Waals surface area contributed by atoms with Gasteiger partial charge >= 0.3 is 0 Å². The van der Waals surface area contributed by atoms with Crippen LogP contribution in [0.4, 0.5) is 0 Å². The Bertz CT molecular complexity index is 1110. The first-order valence-corrected chi connectivity index (χ1v) is 9.30. The first-order chi connectivity index (χ1) is 13.8. The molecule has 4 aromatic rings. The van der Waals surface area contributed by atoms with E-state index in [-0.39, 0.29) is 11.8 Å². The van der Waals surface area contributed by atoms with E-state index < -0.39 is 0 Å². The Balaban J connectivity index is 1.27. The topological polar surface area (TPSA) is 85.3 Å². The van der Waals surface area contributed by atoms with Crippen LogP contribution in [0.3, 0.4) is 0 Å². The summed E-state index contributed by atoms with van der Waals surface area (Å²) in [6.07, 6.45) is 3.13. The van der Waals surface area contributed by atoms with Crippen LogP contribution in [-0.4, -0.2) is 39.1 Å². The second kappa shape index (κ2) is 6.92. The maximum absolute atomic E-state index is 12.8. The molecule has 0 aliphatic carbocycles. The van der Waals surface area contributed by atoms with Crippen LogP contribution in [0.15, 0.2) is 63.6 Å². The zero-order valence-corrected chi connectivity index (χ0v) is 15.1. The van der Waals surface area contributed by atoms with Crippen LogP contribution < -0.4 is 0 Å². The first kappa shape index (κ1) is 16.7. The molecule has 0 N–H and O–H groups in total. The lowest BCUT2D eigenvalue weighted by molar-refractivity contribution is 0.0701. The predicted octanol–water partition coefficient (Wildman–Crippen LogP) is 3.90. The fourth-order valence-corrected chi connectivity index (χ4v) is 3.58. The maximum atomic E-state index is 12.8. The SMILES string of the molecule is O=C(c1ccc2ccccc2n1)N1CCC(c2nnc(-c3ccco3)o2)CC1. The molecule has 140 valence electrons. The molecule has 0 spiro atoms. The molecule has 4 heterocycles. The fourth-order valence-electron chi connectivity index (χ4n) is 3.58. The number of piperidine rings is 1. The molecule has 5 rings (SSSR count). The van der Waals surface area contributed by atoms with Crippen molar-refractivity contribution in [2.45, 2.75) is 18.8 Å². The Hall–Kier alpha value is -3.48. The molecule has 28 heavy (non-hydrogen) atoms. The second-order valence-corrected chi connectivity index (χ2v) is 6.88. The Kier molecular flexibility index (Phi) is 4.12. The number of carbonyl (C=O) groups excluding carboxylic acids is 1. The van der Waals surface area contributed by atoms with Gasteiger partial charge in [0.1, 0.15) is 5.69 Å². The van der Waals surface area contributed by atoms with E-state index in [1.54, 1.807) is 24.5 Å². The Morgan fingerprint density at radius 3 is 2.68 bits per heavy atom. The average Bonchev–Trinajstić information content (AvgIpc) is 3.45. The Labute approximate surface area is 161 Å². The lowest BCUT2D eigenvalue weighted by Crippen LogP contribution is -2.38. The van der Waals surface area contributed by atoms with Gasteiger partial charge in [0.2, 0.25) is 5.89 Å². The number of furan rings is 1. The molecule has 0 radical (unpaired) electrons. The summed E-state index contributed by atoms with van der Waals surface area (Å²) in [4.78, 5) is 19.2. The number of likely N-dealkylation sites (tertiary alicyclic amines) is 1. The van der Waals surface area contributed by atoms with Crippen molar-refractivity contribution >= 4 is 16.8 Å². The van der Waals surface area contributed by atoms with Crippen molar-refractivity contribution in [2.75, 3.05) is 13.1 Å². The standard InChI is InChI=1S/C21H18N4O3/c26-21(17-8-7-14-4-1-2-5-16(14)22-17)25-11-9-15(10-12-25)19-23-24-20(28-19)18-6-3-13-27-18/h1-8,13,15H,9-12H2. The fraction of sp³-hybridized carbons (Fsp3) is 0.238. The lowest BCUT2D eigenvalue weighted by Gasteiger charge is -2.30. The van der Waals surface area contributed by atoms with E-state index >= 15 is 0 Å². The smallest absolute Gasteiger partial charge is 0.283 e. The third-order valence-corrected chi connectivity index (χ3v) is 5.12. The van der Waals surface area contributed by atoms with Crippen LogP contribution in [0.1, 0.15) is 35.1 Å². The maximum Gasteiger partial charge on any atom is 0.283 e. The molecule has 7 heteroatoms. The van der Waals surface area contributed by atoms with E-state index in [0.29, 0.717) is 36.3 Å². The number of amides is 1. The van der Waals surface area contributed by atoms with Crippen molar-refractivity contribution in [3.63, 3.8) is 0 Å². The number of hydrogen-bond acceptors (Lipinski definition) is 6. The molecule has 1 aromatic carbocycles. The number of aromatic nitrogens is 3. The van der Waals surface area contributed by atoms with Gasteiger partial charge in [-0.2, -0.15) is 0 Å². The van der Waals surface area contributed by atoms with E-state index in [2.05, 4.69) is 15.2 Å². The molecule has 0 atom stereocenters. The molecular formula is C21H18N4O3. The van der Waals surface area contributed by atoms with Gasteiger partial charge in [0, 0.05) is 24.4 Å². The van der Waals surface area contributed by atoms with Crippen LogP contribution in [0, 0.1) is 0 Å². The van der Waals surface area contributed by atoms with Crippen molar-refractivity contribution in [3.05, 3.63) is 66.4 Å². The number of nitrogens with zero attached hydrogens (tertiary/aromatic N) is 4. The lowest BCUT2D eigenvalue weighted by atomic mass is 9.96. The molecule has 1 aliphatic heterocycles. The number of rotatable bonds is 3. The minimum absolute atomic E-state index is 0.0361. The van der Waals surface area contributed by atoms with Gasteiger partial charge in [0.05, 0.1) is 11.8 Å². The van der Waals surface area contributed by atoms with E-state index in [4.69, 9.17) is 8.83 Å². The number of benzene rings is 1. The summed E-state index contributed by atoms with van der Waals surface area (Å²) in [6.45, 7) is 1.27. The van der Waals surface area contributed by atoms with E-state index in [1.807, 2.05) is 35.2 Å². The van der Waals surface area contributed by atoms with Gasteiger partial charge < -0.3 is 13.7 Å². The van der Waals surface area contributed by atoms with Gasteiger partial charge in [0.25, 0.3) is 11.8 Å². The zero-order valence-electron chi connectivity index (χ0n) is 15.1. The number of para-hydroxylation sites is 1. The molecule has 7 nitrogen and oxygen atoms in total. The number of hydrogen-bond donors (Lipinski definition) is 0. The molecule has 0 bridgehead atoms. The van der Waals surface area contributed by atoms with Crippen molar-refractivity contribution < 1.29 is 13.6 Å². The number of pyridine rings is 1. The van der Waals surface area contributed by atoms with Gasteiger partial charge in [-0.05, 0) is 37.1 Å². The highest BCUT2D eigenvalue weighted by molar-refractivity contribution is 5.95. The summed E-state index contributed by atoms with van der Waals surface area (Å²) < 4.78 is 11.1. The van der Waals surface area contributed by atoms with Crippen LogP contribution >= 0.6 is 0 Å². The van der Waals surface area contributed by atoms with Crippen LogP contribution in [-0.2, 0) is 0 Å². The van der Waals surface area contributed by atoms with Gasteiger partial charge in [-0.15, -0.1) is 10.2 Å².